The average molecular weight is 321 g/mol. The van der Waals surface area contributed by atoms with E-state index in [9.17, 15) is 0 Å². The molecule has 6 heteroatoms. The fourth-order valence-electron chi connectivity index (χ4n) is 2.06. The highest BCUT2D eigenvalue weighted by molar-refractivity contribution is 7.80. The molecule has 1 fully saturated rings. The van der Waals surface area contributed by atoms with Crippen molar-refractivity contribution in [2.24, 2.45) is 0 Å². The lowest BCUT2D eigenvalue weighted by Gasteiger charge is -2.07. The highest BCUT2D eigenvalue weighted by Crippen LogP contribution is 2.19. The number of hydrogen-bond acceptors (Lipinski definition) is 2. The van der Waals surface area contributed by atoms with Crippen molar-refractivity contribution in [1.29, 1.82) is 0 Å². The Balaban J connectivity index is 1.65. The lowest BCUT2D eigenvalue weighted by molar-refractivity contribution is 0.668. The van der Waals surface area contributed by atoms with Crippen LogP contribution in [0, 0.1) is 6.92 Å². The van der Waals surface area contributed by atoms with Gasteiger partial charge in [-0.25, -0.2) is 0 Å². The number of rotatable bonds is 4. The maximum atomic E-state index is 5.90. The summed E-state index contributed by atoms with van der Waals surface area (Å²) >= 11 is 11.2. The zero-order valence-corrected chi connectivity index (χ0v) is 13.3. The van der Waals surface area contributed by atoms with Crippen molar-refractivity contribution in [2.45, 2.75) is 32.4 Å². The molecule has 0 atom stereocenters. The van der Waals surface area contributed by atoms with Crippen molar-refractivity contribution in [3.63, 3.8) is 0 Å². The quantitative estimate of drug-likeness (QED) is 0.848. The van der Waals surface area contributed by atoms with E-state index in [4.69, 9.17) is 23.8 Å². The van der Waals surface area contributed by atoms with Gasteiger partial charge >= 0.3 is 0 Å². The Bertz CT molecular complexity index is 646. The van der Waals surface area contributed by atoms with Crippen molar-refractivity contribution >= 4 is 34.7 Å². The summed E-state index contributed by atoms with van der Waals surface area (Å²) in [4.78, 5) is 0. The second kappa shape index (κ2) is 6.03. The molecular weight excluding hydrogens is 304 g/mol. The number of hydrogen-bond donors (Lipinski definition) is 2. The molecule has 0 unspecified atom stereocenters. The van der Waals surface area contributed by atoms with Crippen LogP contribution >= 0.6 is 23.8 Å². The van der Waals surface area contributed by atoms with E-state index in [-0.39, 0.29) is 0 Å². The first kappa shape index (κ1) is 14.4. The van der Waals surface area contributed by atoms with Gasteiger partial charge in [-0.15, -0.1) is 0 Å². The number of benzene rings is 1. The Hall–Kier alpha value is -1.59. The number of nitrogens with zero attached hydrogens (tertiary/aromatic N) is 2. The summed E-state index contributed by atoms with van der Waals surface area (Å²) in [6, 6.07) is 10.3. The monoisotopic (exact) mass is 320 g/mol. The van der Waals surface area contributed by atoms with Crippen LogP contribution in [0.25, 0.3) is 0 Å². The van der Waals surface area contributed by atoms with Gasteiger partial charge in [0.15, 0.2) is 10.9 Å². The van der Waals surface area contributed by atoms with E-state index in [2.05, 4.69) is 15.7 Å². The topological polar surface area (TPSA) is 41.9 Å². The van der Waals surface area contributed by atoms with Gasteiger partial charge in [0, 0.05) is 22.8 Å². The first-order valence-electron chi connectivity index (χ1n) is 6.96. The Kier molecular flexibility index (Phi) is 4.12. The van der Waals surface area contributed by atoms with Gasteiger partial charge in [-0.05, 0) is 49.7 Å². The molecular formula is C15H17ClN4S. The van der Waals surface area contributed by atoms with E-state index in [1.807, 2.05) is 41.9 Å². The summed E-state index contributed by atoms with van der Waals surface area (Å²) in [5.41, 5.74) is 2.25. The molecule has 0 radical (unpaired) electrons. The summed E-state index contributed by atoms with van der Waals surface area (Å²) in [6.45, 7) is 2.75. The van der Waals surface area contributed by atoms with Crippen molar-refractivity contribution in [3.8, 4) is 0 Å². The summed E-state index contributed by atoms with van der Waals surface area (Å²) in [7, 11) is 0. The van der Waals surface area contributed by atoms with Crippen LogP contribution < -0.4 is 10.6 Å². The van der Waals surface area contributed by atoms with E-state index in [1.165, 1.54) is 12.8 Å². The largest absolute Gasteiger partial charge is 0.360 e. The first-order chi connectivity index (χ1) is 10.1. The normalized spacial score (nSPS) is 14.0. The molecule has 0 amide bonds. The molecule has 2 aromatic rings. The van der Waals surface area contributed by atoms with E-state index in [0.29, 0.717) is 17.7 Å². The molecule has 21 heavy (non-hydrogen) atoms. The predicted molar refractivity (Wildman–Crippen MR) is 89.9 cm³/mol. The van der Waals surface area contributed by atoms with Crippen LogP contribution in [-0.2, 0) is 6.54 Å². The van der Waals surface area contributed by atoms with Crippen molar-refractivity contribution in [3.05, 3.63) is 46.6 Å². The van der Waals surface area contributed by atoms with Gasteiger partial charge in [0.1, 0.15) is 0 Å². The smallest absolute Gasteiger partial charge is 0.172 e. The lowest BCUT2D eigenvalue weighted by Crippen LogP contribution is -2.30. The zero-order chi connectivity index (χ0) is 14.8. The second-order valence-electron chi connectivity index (χ2n) is 5.33. The minimum absolute atomic E-state index is 0.544. The maximum Gasteiger partial charge on any atom is 0.172 e. The van der Waals surface area contributed by atoms with E-state index in [1.54, 1.807) is 0 Å². The standard InChI is InChI=1S/C15H17ClN4S/c1-10-8-14(18-15(21)17-13-6-7-13)19-20(10)9-11-2-4-12(16)5-3-11/h2-5,8,13H,6-7,9H2,1H3,(H2,17,18,19,21). The van der Waals surface area contributed by atoms with Gasteiger partial charge in [0.2, 0.25) is 0 Å². The van der Waals surface area contributed by atoms with Gasteiger partial charge < -0.3 is 10.6 Å². The van der Waals surface area contributed by atoms with Crippen molar-refractivity contribution in [1.82, 2.24) is 15.1 Å². The number of aromatic nitrogens is 2. The molecule has 4 nitrogen and oxygen atoms in total. The number of nitrogens with one attached hydrogen (secondary N) is 2. The minimum atomic E-state index is 0.544. The van der Waals surface area contributed by atoms with Gasteiger partial charge in [-0.2, -0.15) is 5.10 Å². The van der Waals surface area contributed by atoms with Crippen LogP contribution in [0.3, 0.4) is 0 Å². The highest BCUT2D eigenvalue weighted by Gasteiger charge is 2.22. The van der Waals surface area contributed by atoms with Gasteiger partial charge in [0.05, 0.1) is 6.54 Å². The predicted octanol–water partition coefficient (Wildman–Crippen LogP) is 3.34. The Morgan fingerprint density at radius 1 is 1.38 bits per heavy atom. The van der Waals surface area contributed by atoms with Crippen LogP contribution in [0.15, 0.2) is 30.3 Å². The van der Waals surface area contributed by atoms with Crippen LogP contribution in [0.1, 0.15) is 24.1 Å². The minimum Gasteiger partial charge on any atom is -0.360 e. The van der Waals surface area contributed by atoms with Crippen LogP contribution in [0.4, 0.5) is 5.82 Å². The third kappa shape index (κ3) is 3.95. The van der Waals surface area contributed by atoms with Crippen LogP contribution in [-0.4, -0.2) is 20.9 Å². The molecule has 0 spiro atoms. The Morgan fingerprint density at radius 3 is 2.76 bits per heavy atom. The van der Waals surface area contributed by atoms with Gasteiger partial charge in [-0.1, -0.05) is 23.7 Å². The highest BCUT2D eigenvalue weighted by atomic mass is 35.5. The van der Waals surface area contributed by atoms with Crippen molar-refractivity contribution < 1.29 is 0 Å². The molecule has 2 N–H and O–H groups in total. The molecule has 1 saturated carbocycles. The summed E-state index contributed by atoms with van der Waals surface area (Å²) in [5.74, 6) is 0.777. The van der Waals surface area contributed by atoms with E-state index < -0.39 is 0 Å². The first-order valence-corrected chi connectivity index (χ1v) is 7.75. The summed E-state index contributed by atoms with van der Waals surface area (Å²) in [6.07, 6.45) is 2.40. The molecule has 0 bridgehead atoms. The molecule has 3 rings (SSSR count). The Morgan fingerprint density at radius 2 is 2.10 bits per heavy atom. The summed E-state index contributed by atoms with van der Waals surface area (Å²) in [5, 5.41) is 12.3. The molecule has 1 aromatic carbocycles. The second-order valence-corrected chi connectivity index (χ2v) is 6.17. The SMILES string of the molecule is Cc1cc(NC(=S)NC2CC2)nn1Cc1ccc(Cl)cc1. The molecule has 1 aliphatic rings. The van der Waals surface area contributed by atoms with E-state index >= 15 is 0 Å². The molecule has 110 valence electrons. The Labute approximate surface area is 134 Å². The number of anilines is 1. The molecule has 1 aliphatic carbocycles. The molecule has 1 aromatic heterocycles. The van der Waals surface area contributed by atoms with Crippen molar-refractivity contribution in [2.75, 3.05) is 5.32 Å². The lowest BCUT2D eigenvalue weighted by atomic mass is 10.2. The third-order valence-corrected chi connectivity index (χ3v) is 3.85. The van der Waals surface area contributed by atoms with E-state index in [0.717, 1.165) is 22.1 Å². The maximum absolute atomic E-state index is 5.90. The average Bonchev–Trinajstić information content (AvgIpc) is 3.17. The number of aryl methyl sites for hydroxylation is 1. The van der Waals surface area contributed by atoms with Gasteiger partial charge in [-0.3, -0.25) is 4.68 Å². The molecule has 0 aliphatic heterocycles. The van der Waals surface area contributed by atoms with Crippen LogP contribution in [0.5, 0.6) is 0 Å². The molecule has 1 heterocycles. The number of thiocarbonyl (C=S) groups is 1. The van der Waals surface area contributed by atoms with Gasteiger partial charge in [0.25, 0.3) is 0 Å². The fraction of sp³-hybridized carbons (Fsp3) is 0.333. The fourth-order valence-corrected chi connectivity index (χ4v) is 2.46. The summed E-state index contributed by atoms with van der Waals surface area (Å²) < 4.78 is 1.95. The molecule has 0 saturated heterocycles. The van der Waals surface area contributed by atoms with Crippen LogP contribution in [0.2, 0.25) is 5.02 Å². The zero-order valence-electron chi connectivity index (χ0n) is 11.8. The third-order valence-electron chi connectivity index (χ3n) is 3.38. The number of halogens is 1.